The summed E-state index contributed by atoms with van der Waals surface area (Å²) in [6, 6.07) is 8.95. The molecular weight excluding hydrogens is 310 g/mol. The van der Waals surface area contributed by atoms with Crippen LogP contribution in [-0.4, -0.2) is 21.0 Å². The van der Waals surface area contributed by atoms with Gasteiger partial charge < -0.3 is 10.4 Å². The monoisotopic (exact) mass is 325 g/mol. The molecule has 0 radical (unpaired) electrons. The zero-order valence-electron chi connectivity index (χ0n) is 12.5. The van der Waals surface area contributed by atoms with E-state index in [0.29, 0.717) is 16.8 Å². The fraction of sp³-hybridized carbons (Fsp3) is 0.118. The molecule has 3 rings (SSSR count). The molecule has 2 heterocycles. The highest BCUT2D eigenvalue weighted by atomic mass is 32.1. The number of carbonyl (C=O) groups is 1. The zero-order chi connectivity index (χ0) is 16.2. The molecule has 1 amide bonds. The summed E-state index contributed by atoms with van der Waals surface area (Å²) in [7, 11) is 0. The molecule has 23 heavy (non-hydrogen) atoms. The number of aromatic nitrogens is 2. The Kier molecular flexibility index (Phi) is 4.45. The fourth-order valence-electron chi connectivity index (χ4n) is 2.12. The quantitative estimate of drug-likeness (QED) is 0.772. The fourth-order valence-corrected chi connectivity index (χ4v) is 2.92. The molecule has 0 aliphatic heterocycles. The van der Waals surface area contributed by atoms with Crippen LogP contribution in [-0.2, 0) is 6.61 Å². The third-order valence-corrected chi connectivity index (χ3v) is 4.35. The summed E-state index contributed by atoms with van der Waals surface area (Å²) in [4.78, 5) is 20.7. The van der Waals surface area contributed by atoms with Crippen LogP contribution in [0.1, 0.15) is 21.6 Å². The molecule has 0 atom stereocenters. The Balaban J connectivity index is 1.78. The Morgan fingerprint density at radius 1 is 1.26 bits per heavy atom. The highest BCUT2D eigenvalue weighted by molar-refractivity contribution is 7.13. The van der Waals surface area contributed by atoms with Gasteiger partial charge >= 0.3 is 0 Å². The minimum Gasteiger partial charge on any atom is -0.392 e. The summed E-state index contributed by atoms with van der Waals surface area (Å²) in [5.41, 5.74) is 3.65. The molecule has 0 saturated heterocycles. The Labute approximate surface area is 137 Å². The first-order valence-electron chi connectivity index (χ1n) is 7.05. The number of amides is 1. The van der Waals surface area contributed by atoms with Crippen LogP contribution in [0.25, 0.3) is 10.6 Å². The lowest BCUT2D eigenvalue weighted by atomic mass is 10.1. The molecule has 3 aromatic rings. The van der Waals surface area contributed by atoms with Crippen molar-refractivity contribution < 1.29 is 9.90 Å². The minimum atomic E-state index is -0.241. The van der Waals surface area contributed by atoms with Gasteiger partial charge in [-0.05, 0) is 25.1 Å². The minimum absolute atomic E-state index is 0.152. The number of pyridine rings is 1. The Morgan fingerprint density at radius 3 is 2.70 bits per heavy atom. The number of benzene rings is 1. The molecule has 116 valence electrons. The number of rotatable bonds is 4. The van der Waals surface area contributed by atoms with E-state index in [9.17, 15) is 9.90 Å². The van der Waals surface area contributed by atoms with Crippen LogP contribution in [0.3, 0.4) is 0 Å². The molecule has 2 aromatic heterocycles. The average molecular weight is 325 g/mol. The van der Waals surface area contributed by atoms with E-state index in [-0.39, 0.29) is 12.5 Å². The summed E-state index contributed by atoms with van der Waals surface area (Å²) >= 11 is 1.58. The topological polar surface area (TPSA) is 75.1 Å². The molecule has 0 saturated carbocycles. The van der Waals surface area contributed by atoms with Crippen molar-refractivity contribution in [2.75, 3.05) is 5.32 Å². The SMILES string of the molecule is Cc1csc(-c2ccc(C(=O)Nc3cnccc3CO)cc2)n1. The lowest BCUT2D eigenvalue weighted by Crippen LogP contribution is -2.13. The number of nitrogens with zero attached hydrogens (tertiary/aromatic N) is 2. The van der Waals surface area contributed by atoms with Crippen molar-refractivity contribution in [3.63, 3.8) is 0 Å². The van der Waals surface area contributed by atoms with Gasteiger partial charge in [0.1, 0.15) is 5.01 Å². The highest BCUT2D eigenvalue weighted by Gasteiger charge is 2.10. The molecule has 2 N–H and O–H groups in total. The van der Waals surface area contributed by atoms with Crippen molar-refractivity contribution >= 4 is 22.9 Å². The van der Waals surface area contributed by atoms with Crippen LogP contribution in [0, 0.1) is 6.92 Å². The molecule has 0 spiro atoms. The van der Waals surface area contributed by atoms with Gasteiger partial charge in [0.2, 0.25) is 0 Å². The molecule has 0 unspecified atom stereocenters. The molecule has 5 nitrogen and oxygen atoms in total. The van der Waals surface area contributed by atoms with E-state index in [2.05, 4.69) is 15.3 Å². The molecular formula is C17H15N3O2S. The van der Waals surface area contributed by atoms with E-state index in [1.54, 1.807) is 35.7 Å². The Bertz CT molecular complexity index is 828. The molecule has 0 bridgehead atoms. The first kappa shape index (κ1) is 15.3. The van der Waals surface area contributed by atoms with Crippen molar-refractivity contribution in [3.05, 3.63) is 64.9 Å². The van der Waals surface area contributed by atoms with Gasteiger partial charge in [-0.3, -0.25) is 9.78 Å². The second-order valence-electron chi connectivity index (χ2n) is 5.02. The predicted octanol–water partition coefficient (Wildman–Crippen LogP) is 3.26. The Hall–Kier alpha value is -2.57. The number of aryl methyl sites for hydroxylation is 1. The second-order valence-corrected chi connectivity index (χ2v) is 5.87. The standard InChI is InChI=1S/C17H15N3O2S/c1-11-10-23-17(19-11)13-4-2-12(3-5-13)16(22)20-15-8-18-7-6-14(15)9-21/h2-8,10,21H,9H2,1H3,(H,20,22). The van der Waals surface area contributed by atoms with Gasteiger partial charge in [0.05, 0.1) is 18.5 Å². The Morgan fingerprint density at radius 2 is 2.04 bits per heavy atom. The van der Waals surface area contributed by atoms with Crippen LogP contribution in [0.2, 0.25) is 0 Å². The number of nitrogens with one attached hydrogen (secondary N) is 1. The van der Waals surface area contributed by atoms with Crippen molar-refractivity contribution in [2.24, 2.45) is 0 Å². The lowest BCUT2D eigenvalue weighted by Gasteiger charge is -2.09. The van der Waals surface area contributed by atoms with Gasteiger partial charge in [0, 0.05) is 34.0 Å². The highest BCUT2D eigenvalue weighted by Crippen LogP contribution is 2.24. The third-order valence-electron chi connectivity index (χ3n) is 3.34. The maximum atomic E-state index is 12.3. The number of carbonyl (C=O) groups excluding carboxylic acids is 1. The maximum Gasteiger partial charge on any atom is 0.255 e. The van der Waals surface area contributed by atoms with Crippen LogP contribution in [0.4, 0.5) is 5.69 Å². The van der Waals surface area contributed by atoms with E-state index in [0.717, 1.165) is 16.3 Å². The normalized spacial score (nSPS) is 10.5. The van der Waals surface area contributed by atoms with Crippen molar-refractivity contribution in [1.82, 2.24) is 9.97 Å². The average Bonchev–Trinajstić information content (AvgIpc) is 3.02. The van der Waals surface area contributed by atoms with E-state index in [1.165, 1.54) is 6.20 Å². The third kappa shape index (κ3) is 3.44. The maximum absolute atomic E-state index is 12.3. The van der Waals surface area contributed by atoms with Crippen molar-refractivity contribution in [2.45, 2.75) is 13.5 Å². The van der Waals surface area contributed by atoms with Gasteiger partial charge in [-0.2, -0.15) is 0 Å². The first-order valence-corrected chi connectivity index (χ1v) is 7.93. The van der Waals surface area contributed by atoms with Crippen molar-refractivity contribution in [3.8, 4) is 10.6 Å². The number of aliphatic hydroxyl groups excluding tert-OH is 1. The number of hydrogen-bond acceptors (Lipinski definition) is 5. The summed E-state index contributed by atoms with van der Waals surface area (Å²) in [6.07, 6.45) is 3.10. The van der Waals surface area contributed by atoms with Gasteiger partial charge in [0.15, 0.2) is 0 Å². The van der Waals surface area contributed by atoms with Gasteiger partial charge in [-0.15, -0.1) is 11.3 Å². The molecule has 0 aliphatic carbocycles. The summed E-state index contributed by atoms with van der Waals surface area (Å²) in [5, 5.41) is 15.0. The smallest absolute Gasteiger partial charge is 0.255 e. The van der Waals surface area contributed by atoms with Gasteiger partial charge in [-0.25, -0.2) is 4.98 Å². The van der Waals surface area contributed by atoms with Crippen LogP contribution >= 0.6 is 11.3 Å². The van der Waals surface area contributed by atoms with Gasteiger partial charge in [0.25, 0.3) is 5.91 Å². The molecule has 6 heteroatoms. The molecule has 0 fully saturated rings. The molecule has 0 aliphatic rings. The van der Waals surface area contributed by atoms with E-state index >= 15 is 0 Å². The summed E-state index contributed by atoms with van der Waals surface area (Å²) in [5.74, 6) is -0.241. The first-order chi connectivity index (χ1) is 11.2. The number of aliphatic hydroxyl groups is 1. The van der Waals surface area contributed by atoms with E-state index in [4.69, 9.17) is 0 Å². The van der Waals surface area contributed by atoms with Crippen LogP contribution in [0.5, 0.6) is 0 Å². The predicted molar refractivity (Wildman–Crippen MR) is 90.4 cm³/mol. The number of anilines is 1. The van der Waals surface area contributed by atoms with Crippen LogP contribution in [0.15, 0.2) is 48.1 Å². The van der Waals surface area contributed by atoms with Gasteiger partial charge in [-0.1, -0.05) is 12.1 Å². The summed E-state index contributed by atoms with van der Waals surface area (Å²) < 4.78 is 0. The van der Waals surface area contributed by atoms with Crippen molar-refractivity contribution in [1.29, 1.82) is 0 Å². The zero-order valence-corrected chi connectivity index (χ0v) is 13.3. The van der Waals surface area contributed by atoms with E-state index in [1.807, 2.05) is 24.4 Å². The largest absolute Gasteiger partial charge is 0.392 e. The number of hydrogen-bond donors (Lipinski definition) is 2. The van der Waals surface area contributed by atoms with Crippen LogP contribution < -0.4 is 5.32 Å². The second kappa shape index (κ2) is 6.68. The number of thiazole rings is 1. The summed E-state index contributed by atoms with van der Waals surface area (Å²) in [6.45, 7) is 1.80. The molecule has 1 aromatic carbocycles. The van der Waals surface area contributed by atoms with E-state index < -0.39 is 0 Å². The lowest BCUT2D eigenvalue weighted by molar-refractivity contribution is 0.102.